The van der Waals surface area contributed by atoms with E-state index in [0.717, 1.165) is 22.3 Å². The zero-order chi connectivity index (χ0) is 13.8. The smallest absolute Gasteiger partial charge is 0.133 e. The summed E-state index contributed by atoms with van der Waals surface area (Å²) in [6, 6.07) is 16.4. The predicted molar refractivity (Wildman–Crippen MR) is 83.7 cm³/mol. The van der Waals surface area contributed by atoms with Crippen molar-refractivity contribution in [2.75, 3.05) is 7.11 Å². The van der Waals surface area contributed by atoms with Gasteiger partial charge in [-0.05, 0) is 23.1 Å². The van der Waals surface area contributed by atoms with Gasteiger partial charge in [0, 0.05) is 23.3 Å². The lowest BCUT2D eigenvalue weighted by atomic mass is 10.0. The van der Waals surface area contributed by atoms with Gasteiger partial charge in [-0.2, -0.15) is 0 Å². The summed E-state index contributed by atoms with van der Waals surface area (Å²) in [4.78, 5) is 4.02. The van der Waals surface area contributed by atoms with Crippen LogP contribution in [-0.2, 0) is 0 Å². The summed E-state index contributed by atoms with van der Waals surface area (Å²) in [5, 5.41) is 2.32. The number of hydrogen-bond acceptors (Lipinski definition) is 2. The van der Waals surface area contributed by atoms with Crippen LogP contribution in [-0.4, -0.2) is 12.1 Å². The van der Waals surface area contributed by atoms with Gasteiger partial charge in [-0.25, -0.2) is 0 Å². The van der Waals surface area contributed by atoms with E-state index in [9.17, 15) is 0 Å². The highest BCUT2D eigenvalue weighted by atomic mass is 16.5. The first-order valence-corrected chi connectivity index (χ1v) is 6.52. The molecule has 0 N–H and O–H groups in total. The number of ether oxygens (including phenoxy) is 1. The van der Waals surface area contributed by atoms with Crippen LogP contribution in [0.2, 0.25) is 0 Å². The second kappa shape index (κ2) is 5.57. The van der Waals surface area contributed by atoms with Crippen LogP contribution < -0.4 is 4.74 Å². The normalized spacial score (nSPS) is 11.1. The highest BCUT2D eigenvalue weighted by Crippen LogP contribution is 2.30. The van der Waals surface area contributed by atoms with Gasteiger partial charge in [0.05, 0.1) is 7.11 Å². The van der Waals surface area contributed by atoms with Crippen LogP contribution in [0.4, 0.5) is 0 Å². The molecular weight excluding hydrogens is 246 g/mol. The molecule has 98 valence electrons. The number of nitrogens with zero attached hydrogens (tertiary/aromatic N) is 1. The quantitative estimate of drug-likeness (QED) is 0.696. The lowest BCUT2D eigenvalue weighted by Crippen LogP contribution is -1.88. The number of aromatic nitrogens is 1. The molecule has 0 amide bonds. The van der Waals surface area contributed by atoms with Crippen molar-refractivity contribution >= 4 is 22.9 Å². The molecule has 3 rings (SSSR count). The van der Waals surface area contributed by atoms with Crippen molar-refractivity contribution < 1.29 is 4.74 Å². The fourth-order valence-corrected chi connectivity index (χ4v) is 2.28. The van der Waals surface area contributed by atoms with Crippen LogP contribution >= 0.6 is 0 Å². The highest BCUT2D eigenvalue weighted by molar-refractivity contribution is 5.92. The molecule has 0 saturated carbocycles. The van der Waals surface area contributed by atoms with Gasteiger partial charge in [-0.1, -0.05) is 48.6 Å². The third-order valence-corrected chi connectivity index (χ3v) is 3.28. The van der Waals surface area contributed by atoms with Crippen LogP contribution in [0, 0.1) is 0 Å². The molecule has 0 unspecified atom stereocenters. The topological polar surface area (TPSA) is 22.1 Å². The summed E-state index contributed by atoms with van der Waals surface area (Å²) in [5.41, 5.74) is 2.19. The minimum Gasteiger partial charge on any atom is -0.495 e. The van der Waals surface area contributed by atoms with Gasteiger partial charge >= 0.3 is 0 Å². The number of rotatable bonds is 3. The molecule has 2 nitrogen and oxygen atoms in total. The van der Waals surface area contributed by atoms with Gasteiger partial charge < -0.3 is 4.74 Å². The Kier molecular flexibility index (Phi) is 3.46. The Bertz CT molecular complexity index is 748. The van der Waals surface area contributed by atoms with Gasteiger partial charge in [0.25, 0.3) is 0 Å². The number of fused-ring (bicyclic) bond motifs is 1. The van der Waals surface area contributed by atoms with Crippen LogP contribution in [0.3, 0.4) is 0 Å². The van der Waals surface area contributed by atoms with Gasteiger partial charge in [0.2, 0.25) is 0 Å². The second-order valence-electron chi connectivity index (χ2n) is 4.52. The zero-order valence-electron chi connectivity index (χ0n) is 11.3. The molecule has 2 heteroatoms. The molecule has 2 aromatic carbocycles. The van der Waals surface area contributed by atoms with E-state index >= 15 is 0 Å². The van der Waals surface area contributed by atoms with E-state index in [4.69, 9.17) is 4.74 Å². The van der Waals surface area contributed by atoms with E-state index in [2.05, 4.69) is 41.4 Å². The first kappa shape index (κ1) is 12.4. The van der Waals surface area contributed by atoms with E-state index < -0.39 is 0 Å². The first-order valence-electron chi connectivity index (χ1n) is 6.52. The maximum absolute atomic E-state index is 5.58. The van der Waals surface area contributed by atoms with Crippen LogP contribution in [0.1, 0.15) is 11.1 Å². The summed E-state index contributed by atoms with van der Waals surface area (Å²) in [6.07, 6.45) is 7.71. The monoisotopic (exact) mass is 261 g/mol. The molecule has 0 bridgehead atoms. The Balaban J connectivity index is 2.05. The Morgan fingerprint density at radius 3 is 2.50 bits per heavy atom. The second-order valence-corrected chi connectivity index (χ2v) is 4.52. The van der Waals surface area contributed by atoms with Gasteiger partial charge in [-0.15, -0.1) is 0 Å². The summed E-state index contributed by atoms with van der Waals surface area (Å²) < 4.78 is 5.58. The molecule has 1 aromatic heterocycles. The molecule has 20 heavy (non-hydrogen) atoms. The Labute approximate surface area is 118 Å². The SMILES string of the molecule is COc1c(/C=C/c2ccncc2)ccc2ccccc12. The Hall–Kier alpha value is -2.61. The number of methoxy groups -OCH3 is 1. The molecule has 0 aliphatic heterocycles. The zero-order valence-corrected chi connectivity index (χ0v) is 11.3. The summed E-state index contributed by atoms with van der Waals surface area (Å²) >= 11 is 0. The molecule has 3 aromatic rings. The fraction of sp³-hybridized carbons (Fsp3) is 0.0556. The molecule has 1 heterocycles. The molecule has 0 atom stereocenters. The molecule has 0 saturated heterocycles. The third kappa shape index (κ3) is 2.41. The van der Waals surface area contributed by atoms with E-state index in [1.54, 1.807) is 19.5 Å². The van der Waals surface area contributed by atoms with E-state index in [0.29, 0.717) is 0 Å². The molecule has 0 radical (unpaired) electrons. The van der Waals surface area contributed by atoms with Gasteiger partial charge in [-0.3, -0.25) is 4.98 Å². The molecule has 0 spiro atoms. The Morgan fingerprint density at radius 2 is 1.70 bits per heavy atom. The van der Waals surface area contributed by atoms with Crippen molar-refractivity contribution in [1.82, 2.24) is 4.98 Å². The average Bonchev–Trinajstić information content (AvgIpc) is 2.53. The number of benzene rings is 2. The van der Waals surface area contributed by atoms with Gasteiger partial charge in [0.15, 0.2) is 0 Å². The maximum atomic E-state index is 5.58. The minimum absolute atomic E-state index is 0.911. The van der Waals surface area contributed by atoms with Crippen LogP contribution in [0.25, 0.3) is 22.9 Å². The highest BCUT2D eigenvalue weighted by Gasteiger charge is 2.05. The van der Waals surface area contributed by atoms with Gasteiger partial charge in [0.1, 0.15) is 5.75 Å². The van der Waals surface area contributed by atoms with E-state index in [-0.39, 0.29) is 0 Å². The summed E-state index contributed by atoms with van der Waals surface area (Å²) in [7, 11) is 1.71. The van der Waals surface area contributed by atoms with Crippen molar-refractivity contribution in [2.45, 2.75) is 0 Å². The first-order chi connectivity index (χ1) is 9.88. The Morgan fingerprint density at radius 1 is 0.900 bits per heavy atom. The predicted octanol–water partition coefficient (Wildman–Crippen LogP) is 4.41. The van der Waals surface area contributed by atoms with Crippen LogP contribution in [0.5, 0.6) is 5.75 Å². The lowest BCUT2D eigenvalue weighted by molar-refractivity contribution is 0.419. The lowest BCUT2D eigenvalue weighted by Gasteiger charge is -2.09. The van der Waals surface area contributed by atoms with E-state index in [1.165, 1.54) is 5.39 Å². The molecule has 0 aliphatic carbocycles. The number of hydrogen-bond donors (Lipinski definition) is 0. The largest absolute Gasteiger partial charge is 0.495 e. The van der Waals surface area contributed by atoms with Crippen molar-refractivity contribution in [3.63, 3.8) is 0 Å². The third-order valence-electron chi connectivity index (χ3n) is 3.28. The minimum atomic E-state index is 0.911. The van der Waals surface area contributed by atoms with Crippen molar-refractivity contribution in [3.05, 3.63) is 72.1 Å². The fourth-order valence-electron chi connectivity index (χ4n) is 2.28. The number of pyridine rings is 1. The van der Waals surface area contributed by atoms with Crippen molar-refractivity contribution in [1.29, 1.82) is 0 Å². The van der Waals surface area contributed by atoms with Crippen molar-refractivity contribution in [2.24, 2.45) is 0 Å². The van der Waals surface area contributed by atoms with E-state index in [1.807, 2.05) is 24.3 Å². The molecular formula is C18H15NO. The van der Waals surface area contributed by atoms with Crippen LogP contribution in [0.15, 0.2) is 60.9 Å². The molecule has 0 fully saturated rings. The van der Waals surface area contributed by atoms with Crippen molar-refractivity contribution in [3.8, 4) is 5.75 Å². The molecule has 0 aliphatic rings. The summed E-state index contributed by atoms with van der Waals surface area (Å²) in [5.74, 6) is 0.911. The summed E-state index contributed by atoms with van der Waals surface area (Å²) in [6.45, 7) is 0. The average molecular weight is 261 g/mol. The maximum Gasteiger partial charge on any atom is 0.133 e. The standard InChI is InChI=1S/C18H15NO/c1-20-18-16(7-6-14-10-12-19-13-11-14)9-8-15-4-2-3-5-17(15)18/h2-13H,1H3/b7-6+.